The molecule has 1 amide bonds. The number of nitrogens with one attached hydrogen (secondary N) is 1. The molecule has 1 heterocycles. The maximum atomic E-state index is 12.1. The van der Waals surface area contributed by atoms with Crippen LogP contribution in [-0.2, 0) is 11.8 Å². The lowest BCUT2D eigenvalue weighted by Gasteiger charge is -2.13. The van der Waals surface area contributed by atoms with E-state index >= 15 is 0 Å². The zero-order chi connectivity index (χ0) is 16.1. The number of amides is 1. The van der Waals surface area contributed by atoms with E-state index in [0.717, 1.165) is 11.8 Å². The van der Waals surface area contributed by atoms with Gasteiger partial charge in [0, 0.05) is 12.6 Å². The highest BCUT2D eigenvalue weighted by molar-refractivity contribution is 7.99. The van der Waals surface area contributed by atoms with Gasteiger partial charge >= 0.3 is 5.97 Å². The Morgan fingerprint density at radius 2 is 2.00 bits per heavy atom. The van der Waals surface area contributed by atoms with Gasteiger partial charge in [-0.1, -0.05) is 30.0 Å². The summed E-state index contributed by atoms with van der Waals surface area (Å²) in [4.78, 5) is 22.7. The zero-order valence-corrected chi connectivity index (χ0v) is 13.0. The van der Waals surface area contributed by atoms with Gasteiger partial charge in [0.2, 0.25) is 0 Å². The van der Waals surface area contributed by atoms with Gasteiger partial charge in [0.25, 0.3) is 5.91 Å². The molecule has 1 aromatic carbocycles. The molecule has 0 aliphatic heterocycles. The highest BCUT2D eigenvalue weighted by Gasteiger charge is 2.18. The first-order valence-electron chi connectivity index (χ1n) is 6.59. The Hall–Kier alpha value is -2.35. The fraction of sp³-hybridized carbons (Fsp3) is 0.286. The lowest BCUT2D eigenvalue weighted by atomic mass is 10.2. The highest BCUT2D eigenvalue weighted by Crippen LogP contribution is 2.19. The van der Waals surface area contributed by atoms with Crippen molar-refractivity contribution in [3.8, 4) is 0 Å². The molecule has 2 rings (SSSR count). The fourth-order valence-corrected chi connectivity index (χ4v) is 2.53. The number of hydrogen-bond acceptors (Lipinski definition) is 5. The van der Waals surface area contributed by atoms with Crippen LogP contribution in [0.15, 0.2) is 35.5 Å². The third-order valence-electron chi connectivity index (χ3n) is 2.96. The molecule has 0 spiro atoms. The van der Waals surface area contributed by atoms with Crippen molar-refractivity contribution in [2.24, 2.45) is 7.05 Å². The smallest absolute Gasteiger partial charge is 0.313 e. The molecule has 2 N–H and O–H groups in total. The van der Waals surface area contributed by atoms with Crippen molar-refractivity contribution in [1.82, 2.24) is 20.1 Å². The number of carboxylic acid groups (broad SMARTS) is 1. The van der Waals surface area contributed by atoms with Crippen molar-refractivity contribution in [2.75, 3.05) is 5.75 Å². The largest absolute Gasteiger partial charge is 0.481 e. The molecule has 0 aliphatic carbocycles. The molecule has 0 aliphatic rings. The summed E-state index contributed by atoms with van der Waals surface area (Å²) < 4.78 is 1.68. The van der Waals surface area contributed by atoms with Crippen LogP contribution < -0.4 is 5.32 Å². The molecule has 1 unspecified atom stereocenters. The SMILES string of the molecule is CC(NC(=O)c1ccccc1)c1nnc(SCC(=O)O)n1C. The highest BCUT2D eigenvalue weighted by atomic mass is 32.2. The lowest BCUT2D eigenvalue weighted by molar-refractivity contribution is -0.133. The summed E-state index contributed by atoms with van der Waals surface area (Å²) in [5.74, 6) is -0.635. The predicted molar refractivity (Wildman–Crippen MR) is 81.7 cm³/mol. The first-order valence-corrected chi connectivity index (χ1v) is 7.57. The van der Waals surface area contributed by atoms with E-state index in [1.807, 2.05) is 6.07 Å². The van der Waals surface area contributed by atoms with Gasteiger partial charge in [0.1, 0.15) is 0 Å². The summed E-state index contributed by atoms with van der Waals surface area (Å²) in [6.45, 7) is 1.80. The van der Waals surface area contributed by atoms with E-state index in [1.54, 1.807) is 42.8 Å². The molecule has 0 saturated carbocycles. The fourth-order valence-electron chi connectivity index (χ4n) is 1.89. The third-order valence-corrected chi connectivity index (χ3v) is 3.97. The number of benzene rings is 1. The Balaban J connectivity index is 2.05. The maximum absolute atomic E-state index is 12.1. The van der Waals surface area contributed by atoms with Gasteiger partial charge in [0.05, 0.1) is 11.8 Å². The van der Waals surface area contributed by atoms with Gasteiger partial charge < -0.3 is 15.0 Å². The number of nitrogens with zero attached hydrogens (tertiary/aromatic N) is 3. The van der Waals surface area contributed by atoms with Crippen LogP contribution in [0.25, 0.3) is 0 Å². The van der Waals surface area contributed by atoms with Crippen molar-refractivity contribution in [3.63, 3.8) is 0 Å². The number of hydrogen-bond donors (Lipinski definition) is 2. The summed E-state index contributed by atoms with van der Waals surface area (Å²) in [6.07, 6.45) is 0. The molecule has 0 saturated heterocycles. The van der Waals surface area contributed by atoms with E-state index in [-0.39, 0.29) is 17.7 Å². The minimum atomic E-state index is -0.917. The minimum Gasteiger partial charge on any atom is -0.481 e. The van der Waals surface area contributed by atoms with Gasteiger partial charge in [-0.25, -0.2) is 0 Å². The number of carbonyl (C=O) groups is 2. The van der Waals surface area contributed by atoms with Crippen LogP contribution in [0.2, 0.25) is 0 Å². The van der Waals surface area contributed by atoms with Crippen LogP contribution in [0.5, 0.6) is 0 Å². The summed E-state index contributed by atoms with van der Waals surface area (Å²) in [5, 5.41) is 20.0. The molecule has 0 radical (unpaired) electrons. The monoisotopic (exact) mass is 320 g/mol. The lowest BCUT2D eigenvalue weighted by Crippen LogP contribution is -2.28. The summed E-state index contributed by atoms with van der Waals surface area (Å²) in [6, 6.07) is 8.55. The standard InChI is InChI=1S/C14H16N4O3S/c1-9(15-13(21)10-6-4-3-5-7-10)12-16-17-14(18(12)2)22-8-11(19)20/h3-7,9H,8H2,1-2H3,(H,15,21)(H,19,20). The quantitative estimate of drug-likeness (QED) is 0.783. The van der Waals surface area contributed by atoms with E-state index in [0.29, 0.717) is 16.5 Å². The first-order chi connectivity index (χ1) is 10.5. The van der Waals surface area contributed by atoms with Crippen molar-refractivity contribution < 1.29 is 14.7 Å². The molecule has 0 bridgehead atoms. The van der Waals surface area contributed by atoms with Crippen LogP contribution in [0, 0.1) is 0 Å². The van der Waals surface area contributed by atoms with Crippen LogP contribution in [-0.4, -0.2) is 37.5 Å². The molecule has 1 aromatic heterocycles. The van der Waals surface area contributed by atoms with Gasteiger partial charge in [-0.15, -0.1) is 10.2 Å². The topological polar surface area (TPSA) is 97.1 Å². The Morgan fingerprint density at radius 1 is 1.32 bits per heavy atom. The van der Waals surface area contributed by atoms with Crippen LogP contribution in [0.3, 0.4) is 0 Å². The van der Waals surface area contributed by atoms with E-state index in [9.17, 15) is 9.59 Å². The van der Waals surface area contributed by atoms with Crippen molar-refractivity contribution in [3.05, 3.63) is 41.7 Å². The molecule has 7 nitrogen and oxygen atoms in total. The number of thioether (sulfide) groups is 1. The Labute approximate surface area is 131 Å². The van der Waals surface area contributed by atoms with Crippen molar-refractivity contribution in [1.29, 1.82) is 0 Å². The number of aromatic nitrogens is 3. The molecule has 2 aromatic rings. The van der Waals surface area contributed by atoms with Crippen LogP contribution in [0.1, 0.15) is 29.1 Å². The molecular formula is C14H16N4O3S. The third kappa shape index (κ3) is 3.85. The average molecular weight is 320 g/mol. The van der Waals surface area contributed by atoms with Gasteiger partial charge in [0.15, 0.2) is 11.0 Å². The van der Waals surface area contributed by atoms with E-state index < -0.39 is 5.97 Å². The molecular weight excluding hydrogens is 304 g/mol. The predicted octanol–water partition coefficient (Wildman–Crippen LogP) is 1.48. The minimum absolute atomic E-state index is 0.0866. The van der Waals surface area contributed by atoms with E-state index in [2.05, 4.69) is 15.5 Å². The molecule has 1 atom stereocenters. The van der Waals surface area contributed by atoms with E-state index in [4.69, 9.17) is 5.11 Å². The van der Waals surface area contributed by atoms with Gasteiger partial charge in [-0.3, -0.25) is 9.59 Å². The second kappa shape index (κ2) is 7.08. The first kappa shape index (κ1) is 16.0. The maximum Gasteiger partial charge on any atom is 0.313 e. The van der Waals surface area contributed by atoms with E-state index in [1.165, 1.54) is 0 Å². The second-order valence-electron chi connectivity index (χ2n) is 4.64. The Bertz CT molecular complexity index is 672. The average Bonchev–Trinajstić information content (AvgIpc) is 2.87. The summed E-state index contributed by atoms with van der Waals surface area (Å²) in [5.41, 5.74) is 0.567. The normalized spacial score (nSPS) is 11.9. The summed E-state index contributed by atoms with van der Waals surface area (Å²) in [7, 11) is 1.74. The molecule has 116 valence electrons. The van der Waals surface area contributed by atoms with Gasteiger partial charge in [-0.05, 0) is 19.1 Å². The van der Waals surface area contributed by atoms with Crippen molar-refractivity contribution >= 4 is 23.6 Å². The molecule has 22 heavy (non-hydrogen) atoms. The zero-order valence-electron chi connectivity index (χ0n) is 12.2. The van der Waals surface area contributed by atoms with Crippen molar-refractivity contribution in [2.45, 2.75) is 18.1 Å². The second-order valence-corrected chi connectivity index (χ2v) is 5.59. The number of aliphatic carboxylic acids is 1. The molecule has 0 fully saturated rings. The number of carbonyl (C=O) groups excluding carboxylic acids is 1. The van der Waals surface area contributed by atoms with Crippen LogP contribution in [0.4, 0.5) is 0 Å². The van der Waals surface area contributed by atoms with Crippen LogP contribution >= 0.6 is 11.8 Å². The Morgan fingerprint density at radius 3 is 2.64 bits per heavy atom. The number of carboxylic acids is 1. The molecule has 8 heteroatoms. The summed E-state index contributed by atoms with van der Waals surface area (Å²) >= 11 is 1.09. The van der Waals surface area contributed by atoms with Gasteiger partial charge in [-0.2, -0.15) is 0 Å². The number of rotatable bonds is 6. The Kier molecular flexibility index (Phi) is 5.16.